The standard InChI is InChI=1S/C25H26F3N4O6/c1-24(15-31-14-22(32(33)34)29-23(31)38-24)16-35-18-4-2-17(3-5-18)30-12-10-20(11-13-30)36-19-6-8-21(9-7-19)37-25(26,27)28/h2-9,14,20,33H,10-13,15-16H2,1H3/q-1/t24-/m1/s1. The third-order valence-corrected chi connectivity index (χ3v) is 6.31. The predicted octanol–water partition coefficient (Wildman–Crippen LogP) is 4.75. The first-order valence-corrected chi connectivity index (χ1v) is 12.0. The Morgan fingerprint density at radius 1 is 1.08 bits per heavy atom. The summed E-state index contributed by atoms with van der Waals surface area (Å²) >= 11 is 0. The van der Waals surface area contributed by atoms with Crippen molar-refractivity contribution in [2.45, 2.75) is 44.4 Å². The molecule has 1 fully saturated rings. The Labute approximate surface area is 216 Å². The summed E-state index contributed by atoms with van der Waals surface area (Å²) in [5.41, 5.74) is 0.377. The van der Waals surface area contributed by atoms with Crippen molar-refractivity contribution in [1.29, 1.82) is 0 Å². The third-order valence-electron chi connectivity index (χ3n) is 6.31. The number of piperidine rings is 1. The Bertz CT molecular complexity index is 1200. The Morgan fingerprint density at radius 2 is 1.71 bits per heavy atom. The Morgan fingerprint density at radius 3 is 2.32 bits per heavy atom. The number of aromatic nitrogens is 2. The summed E-state index contributed by atoms with van der Waals surface area (Å²) in [4.78, 5) is 6.18. The summed E-state index contributed by atoms with van der Waals surface area (Å²) < 4.78 is 60.2. The second-order valence-corrected chi connectivity index (χ2v) is 9.44. The predicted molar refractivity (Wildman–Crippen MR) is 130 cm³/mol. The molecule has 0 radical (unpaired) electrons. The van der Waals surface area contributed by atoms with E-state index in [2.05, 4.69) is 14.6 Å². The topological polar surface area (TPSA) is 105 Å². The van der Waals surface area contributed by atoms with Gasteiger partial charge in [0.1, 0.15) is 30.0 Å². The average Bonchev–Trinajstić information content (AvgIpc) is 3.40. The first-order chi connectivity index (χ1) is 18.1. The van der Waals surface area contributed by atoms with Crippen LogP contribution in [0.4, 0.5) is 24.7 Å². The van der Waals surface area contributed by atoms with Gasteiger partial charge in [-0.05, 0) is 55.5 Å². The molecule has 1 aromatic heterocycles. The summed E-state index contributed by atoms with van der Waals surface area (Å²) in [7, 11) is 0. The van der Waals surface area contributed by atoms with Crippen LogP contribution >= 0.6 is 0 Å². The number of imidazole rings is 1. The molecule has 0 bridgehead atoms. The third kappa shape index (κ3) is 6.17. The van der Waals surface area contributed by atoms with Gasteiger partial charge in [-0.25, -0.2) is 0 Å². The molecule has 1 atom stereocenters. The summed E-state index contributed by atoms with van der Waals surface area (Å²) in [6, 6.07) is 13.4. The van der Waals surface area contributed by atoms with Gasteiger partial charge in [0.2, 0.25) is 0 Å². The van der Waals surface area contributed by atoms with Crippen molar-refractivity contribution < 1.29 is 37.3 Å². The fourth-order valence-corrected chi connectivity index (χ4v) is 4.49. The molecule has 5 rings (SSSR count). The molecule has 204 valence electrons. The molecule has 3 heterocycles. The second-order valence-electron chi connectivity index (χ2n) is 9.44. The molecular weight excluding hydrogens is 509 g/mol. The van der Waals surface area contributed by atoms with Crippen molar-refractivity contribution in [3.05, 3.63) is 59.9 Å². The smallest absolute Gasteiger partial charge is 0.573 e. The minimum absolute atomic E-state index is 0.0322. The highest BCUT2D eigenvalue weighted by Crippen LogP contribution is 2.32. The van der Waals surface area contributed by atoms with E-state index in [0.29, 0.717) is 18.0 Å². The number of alkyl halides is 3. The molecule has 2 aliphatic rings. The molecule has 2 aromatic carbocycles. The van der Waals surface area contributed by atoms with Crippen molar-refractivity contribution in [1.82, 2.24) is 9.55 Å². The number of anilines is 2. The van der Waals surface area contributed by atoms with Crippen LogP contribution in [0.15, 0.2) is 54.7 Å². The van der Waals surface area contributed by atoms with Gasteiger partial charge in [-0.1, -0.05) is 0 Å². The summed E-state index contributed by atoms with van der Waals surface area (Å²) in [6.45, 7) is 4.10. The van der Waals surface area contributed by atoms with Crippen molar-refractivity contribution in [3.63, 3.8) is 0 Å². The molecule has 0 amide bonds. The van der Waals surface area contributed by atoms with E-state index in [1.54, 1.807) is 4.57 Å². The minimum Gasteiger partial charge on any atom is -0.732 e. The van der Waals surface area contributed by atoms with E-state index in [0.717, 1.165) is 31.6 Å². The second kappa shape index (κ2) is 10.1. The summed E-state index contributed by atoms with van der Waals surface area (Å²) in [5.74, 6) is 0.769. The molecule has 10 nitrogen and oxygen atoms in total. The summed E-state index contributed by atoms with van der Waals surface area (Å²) in [6.07, 6.45) is -1.80. The molecule has 1 N–H and O–H groups in total. The number of nitrogens with zero attached hydrogens (tertiary/aromatic N) is 4. The zero-order valence-corrected chi connectivity index (χ0v) is 20.4. The lowest BCUT2D eigenvalue weighted by atomic mass is 10.1. The highest BCUT2D eigenvalue weighted by Gasteiger charge is 2.37. The van der Waals surface area contributed by atoms with Crippen LogP contribution in [-0.2, 0) is 6.54 Å². The van der Waals surface area contributed by atoms with Crippen molar-refractivity contribution in [2.24, 2.45) is 0 Å². The molecule has 2 aliphatic heterocycles. The maximum Gasteiger partial charge on any atom is 0.573 e. The average molecular weight is 535 g/mol. The molecule has 0 spiro atoms. The van der Waals surface area contributed by atoms with Gasteiger partial charge in [0, 0.05) is 31.6 Å². The highest BCUT2D eigenvalue weighted by molar-refractivity contribution is 5.49. The van der Waals surface area contributed by atoms with Crippen molar-refractivity contribution >= 4 is 11.5 Å². The van der Waals surface area contributed by atoms with Crippen LogP contribution in [0.1, 0.15) is 19.8 Å². The molecule has 0 saturated carbocycles. The molecule has 13 heteroatoms. The number of halogens is 3. The van der Waals surface area contributed by atoms with Crippen LogP contribution in [0.5, 0.6) is 23.3 Å². The monoisotopic (exact) mass is 535 g/mol. The van der Waals surface area contributed by atoms with E-state index in [4.69, 9.17) is 19.4 Å². The van der Waals surface area contributed by atoms with Crippen LogP contribution in [0.3, 0.4) is 0 Å². The summed E-state index contributed by atoms with van der Waals surface area (Å²) in [5, 5.41) is 19.6. The number of rotatable bonds is 8. The van der Waals surface area contributed by atoms with Gasteiger partial charge < -0.3 is 34.3 Å². The van der Waals surface area contributed by atoms with Gasteiger partial charge in [0.15, 0.2) is 11.4 Å². The van der Waals surface area contributed by atoms with E-state index in [-0.39, 0.29) is 35.5 Å². The van der Waals surface area contributed by atoms with E-state index >= 15 is 0 Å². The minimum atomic E-state index is -4.72. The van der Waals surface area contributed by atoms with E-state index < -0.39 is 12.0 Å². The van der Waals surface area contributed by atoms with E-state index in [1.165, 1.54) is 30.5 Å². The van der Waals surface area contributed by atoms with Crippen molar-refractivity contribution in [2.75, 3.05) is 29.8 Å². The fourth-order valence-electron chi connectivity index (χ4n) is 4.49. The quantitative estimate of drug-likeness (QED) is 0.409. The molecule has 0 unspecified atom stereocenters. The van der Waals surface area contributed by atoms with Gasteiger partial charge in [0.05, 0.1) is 12.7 Å². The van der Waals surface area contributed by atoms with Crippen LogP contribution in [0.25, 0.3) is 0 Å². The highest BCUT2D eigenvalue weighted by atomic mass is 19.4. The van der Waals surface area contributed by atoms with E-state index in [9.17, 15) is 18.4 Å². The molecule has 38 heavy (non-hydrogen) atoms. The number of hydrogen-bond donors (Lipinski definition) is 1. The van der Waals surface area contributed by atoms with Gasteiger partial charge >= 0.3 is 6.36 Å². The van der Waals surface area contributed by atoms with Gasteiger partial charge in [-0.15, -0.1) is 13.2 Å². The number of benzene rings is 2. The lowest BCUT2D eigenvalue weighted by molar-refractivity contribution is -0.274. The zero-order chi connectivity index (χ0) is 26.9. The SMILES string of the molecule is C[C@]1(COc2ccc(N3CCC(Oc4ccc(OC(F)(F)F)cc4)CC3)cc2)Cn2cc(N([O-])O)nc2O1. The molecule has 3 aromatic rings. The Hall–Kier alpha value is -3.84. The fraction of sp³-hybridized carbons (Fsp3) is 0.400. The number of hydrogen-bond acceptors (Lipinski definition) is 9. The molecule has 0 aliphatic carbocycles. The Balaban J connectivity index is 1.07. The number of ether oxygens (including phenoxy) is 4. The maximum atomic E-state index is 12.3. The first kappa shape index (κ1) is 25.8. The maximum absolute atomic E-state index is 12.3. The van der Waals surface area contributed by atoms with Crippen LogP contribution in [0, 0.1) is 5.21 Å². The lowest BCUT2D eigenvalue weighted by Crippen LogP contribution is -2.38. The largest absolute Gasteiger partial charge is 0.732 e. The first-order valence-electron chi connectivity index (χ1n) is 12.0. The Kier molecular flexibility index (Phi) is 6.88. The zero-order valence-electron chi connectivity index (χ0n) is 20.4. The van der Waals surface area contributed by atoms with Gasteiger partial charge in [-0.3, -0.25) is 9.77 Å². The van der Waals surface area contributed by atoms with E-state index in [1.807, 2.05) is 31.2 Å². The van der Waals surface area contributed by atoms with Gasteiger partial charge in [-0.2, -0.15) is 4.98 Å². The molecule has 1 saturated heterocycles. The van der Waals surface area contributed by atoms with Crippen LogP contribution in [0.2, 0.25) is 0 Å². The van der Waals surface area contributed by atoms with Crippen LogP contribution < -0.4 is 29.1 Å². The lowest BCUT2D eigenvalue weighted by Gasteiger charge is -2.33. The van der Waals surface area contributed by atoms with Crippen LogP contribution in [-0.4, -0.2) is 52.5 Å². The van der Waals surface area contributed by atoms with Crippen molar-refractivity contribution in [3.8, 4) is 23.3 Å². The molecular formula is C25H26F3N4O6-. The normalized spacial score (nSPS) is 19.6. The van der Waals surface area contributed by atoms with Gasteiger partial charge in [0.25, 0.3) is 6.01 Å². The number of fused-ring (bicyclic) bond motifs is 1.